The van der Waals surface area contributed by atoms with Crippen molar-refractivity contribution >= 4 is 17.7 Å². The number of rotatable bonds is 5. The molecule has 0 aliphatic heterocycles. The van der Waals surface area contributed by atoms with Crippen molar-refractivity contribution in [3.63, 3.8) is 0 Å². The van der Waals surface area contributed by atoms with Gasteiger partial charge in [0.05, 0.1) is 0 Å². The van der Waals surface area contributed by atoms with Gasteiger partial charge in [-0.1, -0.05) is 6.92 Å². The van der Waals surface area contributed by atoms with Gasteiger partial charge >= 0.3 is 0 Å². The summed E-state index contributed by atoms with van der Waals surface area (Å²) in [5, 5.41) is 2.87. The predicted molar refractivity (Wildman–Crippen MR) is 71.6 cm³/mol. The van der Waals surface area contributed by atoms with Crippen LogP contribution in [0.1, 0.15) is 24.2 Å². The number of aryl methyl sites for hydroxylation is 1. The Hall–Kier alpha value is -1.23. The van der Waals surface area contributed by atoms with Crippen LogP contribution in [0.25, 0.3) is 0 Å². The Morgan fingerprint density at radius 2 is 2.29 bits per heavy atom. The molecule has 1 aromatic rings. The lowest BCUT2D eigenvalue weighted by atomic mass is 10.2. The Kier molecular flexibility index (Phi) is 5.28. The molecule has 1 aromatic heterocycles. The second-order valence-electron chi connectivity index (χ2n) is 3.90. The number of carbonyl (C=O) groups excluding carboxylic acids is 1. The summed E-state index contributed by atoms with van der Waals surface area (Å²) in [5.74, 6) is 1.73. The quantitative estimate of drug-likeness (QED) is 0.860. The maximum atomic E-state index is 11.8. The third-order valence-electron chi connectivity index (χ3n) is 2.32. The van der Waals surface area contributed by atoms with Crippen LogP contribution in [0, 0.1) is 0 Å². The fourth-order valence-corrected chi connectivity index (χ4v) is 2.01. The minimum atomic E-state index is -0.188. The smallest absolute Gasteiger partial charge is 0.251 e. The van der Waals surface area contributed by atoms with E-state index in [1.54, 1.807) is 31.1 Å². The molecule has 1 unspecified atom stereocenters. The van der Waals surface area contributed by atoms with Gasteiger partial charge < -0.3 is 9.88 Å². The molecule has 1 heterocycles. The Balaban J connectivity index is 2.63. The molecule has 0 radical (unpaired) electrons. The molecule has 0 saturated heterocycles. The van der Waals surface area contributed by atoms with E-state index in [0.717, 1.165) is 11.5 Å². The van der Waals surface area contributed by atoms with Gasteiger partial charge in [-0.05, 0) is 18.7 Å². The molecule has 0 aliphatic rings. The van der Waals surface area contributed by atoms with Crippen molar-refractivity contribution in [2.24, 2.45) is 7.05 Å². The minimum absolute atomic E-state index is 0.108. The first-order chi connectivity index (χ1) is 8.04. The molecule has 1 N–H and O–H groups in total. The van der Waals surface area contributed by atoms with Crippen LogP contribution in [0.15, 0.2) is 23.1 Å². The number of pyridine rings is 1. The Bertz CT molecular complexity index is 442. The van der Waals surface area contributed by atoms with E-state index in [1.165, 1.54) is 10.6 Å². The van der Waals surface area contributed by atoms with Gasteiger partial charge in [0.2, 0.25) is 0 Å². The van der Waals surface area contributed by atoms with Crippen LogP contribution in [0.5, 0.6) is 0 Å². The monoisotopic (exact) mass is 254 g/mol. The van der Waals surface area contributed by atoms with E-state index in [0.29, 0.717) is 5.56 Å². The van der Waals surface area contributed by atoms with Crippen molar-refractivity contribution in [2.45, 2.75) is 19.9 Å². The first kappa shape index (κ1) is 13.8. The summed E-state index contributed by atoms with van der Waals surface area (Å²) in [6, 6.07) is 3.11. The molecule has 1 amide bonds. The van der Waals surface area contributed by atoms with Crippen LogP contribution in [0.4, 0.5) is 0 Å². The van der Waals surface area contributed by atoms with E-state index in [2.05, 4.69) is 12.2 Å². The third kappa shape index (κ3) is 4.26. The molecule has 0 aromatic carbocycles. The first-order valence-corrected chi connectivity index (χ1v) is 6.75. The van der Waals surface area contributed by atoms with Gasteiger partial charge in [0.25, 0.3) is 11.5 Å². The van der Waals surface area contributed by atoms with Gasteiger partial charge in [-0.15, -0.1) is 0 Å². The largest absolute Gasteiger partial charge is 0.349 e. The highest BCUT2D eigenvalue weighted by Gasteiger charge is 2.10. The molecule has 0 spiro atoms. The minimum Gasteiger partial charge on any atom is -0.349 e. The van der Waals surface area contributed by atoms with Crippen LogP contribution < -0.4 is 10.9 Å². The van der Waals surface area contributed by atoms with E-state index in [4.69, 9.17) is 0 Å². The number of hydrogen-bond acceptors (Lipinski definition) is 3. The second-order valence-corrected chi connectivity index (χ2v) is 5.22. The summed E-state index contributed by atoms with van der Waals surface area (Å²) in [4.78, 5) is 23.2. The van der Waals surface area contributed by atoms with Crippen molar-refractivity contribution in [3.8, 4) is 0 Å². The van der Waals surface area contributed by atoms with Gasteiger partial charge in [0.15, 0.2) is 0 Å². The van der Waals surface area contributed by atoms with Crippen molar-refractivity contribution in [1.29, 1.82) is 0 Å². The van der Waals surface area contributed by atoms with Crippen LogP contribution in [-0.4, -0.2) is 28.0 Å². The summed E-state index contributed by atoms with van der Waals surface area (Å²) < 4.78 is 1.44. The van der Waals surface area contributed by atoms with Crippen molar-refractivity contribution in [2.75, 3.05) is 11.5 Å². The van der Waals surface area contributed by atoms with E-state index >= 15 is 0 Å². The van der Waals surface area contributed by atoms with Crippen molar-refractivity contribution in [1.82, 2.24) is 9.88 Å². The molecular weight excluding hydrogens is 236 g/mol. The molecule has 0 fully saturated rings. The first-order valence-electron chi connectivity index (χ1n) is 5.60. The van der Waals surface area contributed by atoms with Crippen molar-refractivity contribution < 1.29 is 4.79 Å². The molecule has 0 saturated carbocycles. The normalized spacial score (nSPS) is 12.2. The second kappa shape index (κ2) is 6.49. The lowest BCUT2D eigenvalue weighted by molar-refractivity contribution is 0.0943. The molecule has 1 atom stereocenters. The van der Waals surface area contributed by atoms with Crippen molar-refractivity contribution in [3.05, 3.63) is 34.2 Å². The molecule has 17 heavy (non-hydrogen) atoms. The summed E-state index contributed by atoms with van der Waals surface area (Å²) in [6.07, 6.45) is 1.60. The number of nitrogens with zero attached hydrogens (tertiary/aromatic N) is 1. The van der Waals surface area contributed by atoms with E-state index in [-0.39, 0.29) is 17.5 Å². The van der Waals surface area contributed by atoms with E-state index in [9.17, 15) is 9.59 Å². The average Bonchev–Trinajstić information content (AvgIpc) is 2.30. The Labute approximate surface area is 105 Å². The molecule has 0 aliphatic carbocycles. The predicted octanol–water partition coefficient (Wildman–Crippen LogP) is 1.26. The maximum absolute atomic E-state index is 11.8. The number of thioether (sulfide) groups is 1. The van der Waals surface area contributed by atoms with E-state index in [1.807, 2.05) is 6.92 Å². The van der Waals surface area contributed by atoms with Gasteiger partial charge in [-0.25, -0.2) is 0 Å². The lowest BCUT2D eigenvalue weighted by Gasteiger charge is -2.13. The molecule has 1 rings (SSSR count). The summed E-state index contributed by atoms with van der Waals surface area (Å²) in [5.41, 5.74) is 0.245. The van der Waals surface area contributed by atoms with Crippen LogP contribution >= 0.6 is 11.8 Å². The van der Waals surface area contributed by atoms with Gasteiger partial charge in [0, 0.05) is 36.7 Å². The zero-order valence-corrected chi connectivity index (χ0v) is 11.2. The summed E-state index contributed by atoms with van der Waals surface area (Å²) >= 11 is 1.78. The Morgan fingerprint density at radius 1 is 1.59 bits per heavy atom. The summed E-state index contributed by atoms with van der Waals surface area (Å²) in [7, 11) is 1.66. The third-order valence-corrected chi connectivity index (χ3v) is 3.46. The zero-order valence-electron chi connectivity index (χ0n) is 10.4. The van der Waals surface area contributed by atoms with Crippen LogP contribution in [0.2, 0.25) is 0 Å². The van der Waals surface area contributed by atoms with Crippen LogP contribution in [-0.2, 0) is 7.05 Å². The standard InChI is InChI=1S/C12H18N2O2S/c1-4-17-8-9(2)13-12(16)10-5-6-14(3)11(15)7-10/h5-7,9H,4,8H2,1-3H3,(H,13,16). The van der Waals surface area contributed by atoms with Gasteiger partial charge in [-0.3, -0.25) is 9.59 Å². The van der Waals surface area contributed by atoms with E-state index < -0.39 is 0 Å². The Morgan fingerprint density at radius 3 is 2.88 bits per heavy atom. The highest BCUT2D eigenvalue weighted by molar-refractivity contribution is 7.99. The van der Waals surface area contributed by atoms with Crippen LogP contribution in [0.3, 0.4) is 0 Å². The molecule has 0 bridgehead atoms. The fourth-order valence-electron chi connectivity index (χ4n) is 1.33. The SMILES string of the molecule is CCSCC(C)NC(=O)c1ccn(C)c(=O)c1. The maximum Gasteiger partial charge on any atom is 0.251 e. The van der Waals surface area contributed by atoms with Gasteiger partial charge in [0.1, 0.15) is 0 Å². The zero-order chi connectivity index (χ0) is 12.8. The number of carbonyl (C=O) groups is 1. The fraction of sp³-hybridized carbons (Fsp3) is 0.500. The highest BCUT2D eigenvalue weighted by atomic mass is 32.2. The molecule has 94 valence electrons. The number of hydrogen-bond donors (Lipinski definition) is 1. The molecule has 4 nitrogen and oxygen atoms in total. The number of aromatic nitrogens is 1. The number of nitrogens with one attached hydrogen (secondary N) is 1. The van der Waals surface area contributed by atoms with Gasteiger partial charge in [-0.2, -0.15) is 11.8 Å². The average molecular weight is 254 g/mol. The topological polar surface area (TPSA) is 51.1 Å². The highest BCUT2D eigenvalue weighted by Crippen LogP contribution is 2.02. The number of amides is 1. The lowest BCUT2D eigenvalue weighted by Crippen LogP contribution is -2.35. The summed E-state index contributed by atoms with van der Waals surface area (Å²) in [6.45, 7) is 4.04. The molecular formula is C12H18N2O2S. The molecule has 5 heteroatoms.